The van der Waals surface area contributed by atoms with Gasteiger partial charge in [-0.1, -0.05) is 19.9 Å². The Bertz CT molecular complexity index is 504. The third-order valence-electron chi connectivity index (χ3n) is 3.41. The molecule has 1 N–H and O–H groups in total. The molecule has 1 aliphatic rings. The number of nitrogens with zero attached hydrogens (tertiary/aromatic N) is 2. The Morgan fingerprint density at radius 1 is 1.52 bits per heavy atom. The van der Waals surface area contributed by atoms with Crippen molar-refractivity contribution in [3.63, 3.8) is 0 Å². The maximum Gasteiger partial charge on any atom is 0.327 e. The number of rotatable bonds is 4. The summed E-state index contributed by atoms with van der Waals surface area (Å²) in [6.45, 7) is 4.54. The number of hydrogen-bond acceptors (Lipinski definition) is 4. The number of hydrogen-bond donors (Lipinski definition) is 1. The minimum atomic E-state index is -0.927. The van der Waals surface area contributed by atoms with E-state index in [2.05, 4.69) is 0 Å². The minimum Gasteiger partial charge on any atom is -0.480 e. The first-order valence-corrected chi connectivity index (χ1v) is 8.75. The number of thioether (sulfide) groups is 1. The van der Waals surface area contributed by atoms with E-state index in [1.54, 1.807) is 35.0 Å². The molecule has 2 amide bonds. The van der Waals surface area contributed by atoms with Crippen molar-refractivity contribution in [2.45, 2.75) is 31.8 Å². The van der Waals surface area contributed by atoms with E-state index in [-0.39, 0.29) is 17.3 Å². The highest BCUT2D eigenvalue weighted by molar-refractivity contribution is 8.00. The summed E-state index contributed by atoms with van der Waals surface area (Å²) in [6.07, 6.45) is 0. The van der Waals surface area contributed by atoms with E-state index in [9.17, 15) is 14.7 Å². The van der Waals surface area contributed by atoms with Crippen LogP contribution in [0.4, 0.5) is 4.79 Å². The van der Waals surface area contributed by atoms with E-state index >= 15 is 0 Å². The third-order valence-corrected chi connectivity index (χ3v) is 5.89. The van der Waals surface area contributed by atoms with Crippen LogP contribution in [0.1, 0.15) is 18.7 Å². The molecule has 21 heavy (non-hydrogen) atoms. The lowest BCUT2D eigenvalue weighted by Crippen LogP contribution is -2.51. The number of urea groups is 1. The summed E-state index contributed by atoms with van der Waals surface area (Å²) in [7, 11) is 1.72. The fraction of sp³-hybridized carbons (Fsp3) is 0.571. The summed E-state index contributed by atoms with van der Waals surface area (Å²) < 4.78 is 0. The largest absolute Gasteiger partial charge is 0.480 e. The zero-order valence-corrected chi connectivity index (χ0v) is 14.0. The van der Waals surface area contributed by atoms with Crippen LogP contribution in [0.2, 0.25) is 0 Å². The number of thiophene rings is 1. The second kappa shape index (κ2) is 6.70. The number of carboxylic acids is 1. The van der Waals surface area contributed by atoms with Crippen LogP contribution in [0.15, 0.2) is 17.5 Å². The summed E-state index contributed by atoms with van der Waals surface area (Å²) in [4.78, 5) is 28.3. The van der Waals surface area contributed by atoms with Gasteiger partial charge in [0, 0.05) is 17.7 Å². The Balaban J connectivity index is 2.14. The summed E-state index contributed by atoms with van der Waals surface area (Å²) in [6, 6.07) is 2.98. The standard InChI is InChI=1S/C14H20N2O3S2/c1-9(2)12-16(11(8-21-12)13(17)18)14(19)15(3)7-10-5-4-6-20-10/h4-6,9,11-12H,7-8H2,1-3H3,(H,17,18). The lowest BCUT2D eigenvalue weighted by molar-refractivity contribution is -0.141. The Hall–Kier alpha value is -1.21. The van der Waals surface area contributed by atoms with Crippen LogP contribution < -0.4 is 0 Å². The Morgan fingerprint density at radius 3 is 2.76 bits per heavy atom. The van der Waals surface area contributed by atoms with E-state index in [4.69, 9.17) is 0 Å². The third kappa shape index (κ3) is 3.52. The van der Waals surface area contributed by atoms with Crippen molar-refractivity contribution in [1.82, 2.24) is 9.80 Å². The van der Waals surface area contributed by atoms with E-state index in [1.165, 1.54) is 4.90 Å². The molecule has 0 bridgehead atoms. The molecule has 0 spiro atoms. The quantitative estimate of drug-likeness (QED) is 0.923. The Labute approximate surface area is 132 Å². The van der Waals surface area contributed by atoms with E-state index in [0.717, 1.165) is 4.88 Å². The lowest BCUT2D eigenvalue weighted by Gasteiger charge is -2.33. The van der Waals surface area contributed by atoms with Crippen molar-refractivity contribution in [2.75, 3.05) is 12.8 Å². The molecule has 2 heterocycles. The molecule has 1 fully saturated rings. The Kier molecular flexibility index (Phi) is 5.16. The highest BCUT2D eigenvalue weighted by Gasteiger charge is 2.43. The first-order chi connectivity index (χ1) is 9.91. The van der Waals surface area contributed by atoms with Crippen molar-refractivity contribution < 1.29 is 14.7 Å². The highest BCUT2D eigenvalue weighted by atomic mass is 32.2. The van der Waals surface area contributed by atoms with E-state index in [1.807, 2.05) is 31.4 Å². The van der Waals surface area contributed by atoms with Gasteiger partial charge in [-0.2, -0.15) is 0 Å². The molecule has 1 aromatic rings. The van der Waals surface area contributed by atoms with Gasteiger partial charge in [-0.25, -0.2) is 9.59 Å². The number of aliphatic carboxylic acids is 1. The van der Waals surface area contributed by atoms with Crippen LogP contribution in [-0.2, 0) is 11.3 Å². The summed E-state index contributed by atoms with van der Waals surface area (Å²) in [5.74, 6) is -0.251. The first kappa shape index (κ1) is 16.2. The van der Waals surface area contributed by atoms with Gasteiger partial charge in [0.2, 0.25) is 0 Å². The van der Waals surface area contributed by atoms with Crippen molar-refractivity contribution in [3.8, 4) is 0 Å². The molecule has 2 atom stereocenters. The minimum absolute atomic E-state index is 0.0793. The second-order valence-corrected chi connectivity index (χ2v) is 7.63. The molecular formula is C14H20N2O3S2. The zero-order chi connectivity index (χ0) is 15.6. The molecule has 2 rings (SSSR count). The zero-order valence-electron chi connectivity index (χ0n) is 12.4. The van der Waals surface area contributed by atoms with Gasteiger partial charge >= 0.3 is 12.0 Å². The van der Waals surface area contributed by atoms with Crippen LogP contribution in [0, 0.1) is 5.92 Å². The molecule has 0 aromatic carbocycles. The van der Waals surface area contributed by atoms with E-state index in [0.29, 0.717) is 12.3 Å². The van der Waals surface area contributed by atoms with Gasteiger partial charge in [0.05, 0.1) is 11.9 Å². The van der Waals surface area contributed by atoms with Gasteiger partial charge in [0.1, 0.15) is 6.04 Å². The van der Waals surface area contributed by atoms with Crippen LogP contribution in [0.3, 0.4) is 0 Å². The molecule has 7 heteroatoms. The Morgan fingerprint density at radius 2 is 2.24 bits per heavy atom. The van der Waals surface area contributed by atoms with E-state index < -0.39 is 12.0 Å². The number of carbonyl (C=O) groups excluding carboxylic acids is 1. The van der Waals surface area contributed by atoms with Crippen molar-refractivity contribution in [1.29, 1.82) is 0 Å². The molecule has 5 nitrogen and oxygen atoms in total. The van der Waals surface area contributed by atoms with Gasteiger partial charge in [0.25, 0.3) is 0 Å². The molecule has 1 aliphatic heterocycles. The summed E-state index contributed by atoms with van der Waals surface area (Å²) >= 11 is 3.14. The first-order valence-electron chi connectivity index (χ1n) is 6.82. The fourth-order valence-corrected chi connectivity index (χ4v) is 4.60. The maximum atomic E-state index is 12.7. The van der Waals surface area contributed by atoms with Crippen LogP contribution in [0.5, 0.6) is 0 Å². The number of carboxylic acid groups (broad SMARTS) is 1. The average Bonchev–Trinajstić information content (AvgIpc) is 3.05. The SMILES string of the molecule is CC(C)C1SCC(C(=O)O)N1C(=O)N(C)Cc1cccs1. The average molecular weight is 328 g/mol. The van der Waals surface area contributed by atoms with Gasteiger partial charge in [0.15, 0.2) is 0 Å². The molecule has 0 saturated carbocycles. The van der Waals surface area contributed by atoms with Gasteiger partial charge < -0.3 is 10.0 Å². The van der Waals surface area contributed by atoms with Crippen LogP contribution in [0.25, 0.3) is 0 Å². The normalized spacial score (nSPS) is 21.8. The van der Waals surface area contributed by atoms with Gasteiger partial charge in [-0.05, 0) is 17.4 Å². The monoisotopic (exact) mass is 328 g/mol. The predicted molar refractivity (Wildman–Crippen MR) is 85.5 cm³/mol. The smallest absolute Gasteiger partial charge is 0.327 e. The van der Waals surface area contributed by atoms with Crippen LogP contribution >= 0.6 is 23.1 Å². The molecule has 0 aliphatic carbocycles. The molecular weight excluding hydrogens is 308 g/mol. The topological polar surface area (TPSA) is 60.9 Å². The number of amides is 2. The molecule has 1 saturated heterocycles. The molecule has 0 radical (unpaired) electrons. The summed E-state index contributed by atoms with van der Waals surface area (Å²) in [5.41, 5.74) is 0. The molecule has 1 aromatic heterocycles. The maximum absolute atomic E-state index is 12.7. The molecule has 116 valence electrons. The summed E-state index contributed by atoms with van der Waals surface area (Å²) in [5, 5.41) is 11.2. The predicted octanol–water partition coefficient (Wildman–Crippen LogP) is 2.78. The van der Waals surface area contributed by atoms with Gasteiger partial charge in [-0.3, -0.25) is 4.90 Å². The van der Waals surface area contributed by atoms with Crippen LogP contribution in [-0.4, -0.2) is 51.1 Å². The lowest BCUT2D eigenvalue weighted by atomic mass is 10.1. The van der Waals surface area contributed by atoms with Crippen molar-refractivity contribution in [3.05, 3.63) is 22.4 Å². The van der Waals surface area contributed by atoms with Crippen molar-refractivity contribution in [2.24, 2.45) is 5.92 Å². The number of carbonyl (C=O) groups is 2. The van der Waals surface area contributed by atoms with Gasteiger partial charge in [-0.15, -0.1) is 23.1 Å². The highest BCUT2D eigenvalue weighted by Crippen LogP contribution is 2.35. The van der Waals surface area contributed by atoms with Crippen molar-refractivity contribution >= 4 is 35.1 Å². The second-order valence-electron chi connectivity index (χ2n) is 5.45. The molecule has 2 unspecified atom stereocenters. The fourth-order valence-electron chi connectivity index (χ4n) is 2.37.